The van der Waals surface area contributed by atoms with E-state index in [1.54, 1.807) is 6.26 Å². The van der Waals surface area contributed by atoms with Gasteiger partial charge in [0.1, 0.15) is 0 Å². The third-order valence-electron chi connectivity index (χ3n) is 4.11. The predicted octanol–water partition coefficient (Wildman–Crippen LogP) is 3.37. The molecule has 2 rings (SSSR count). The Morgan fingerprint density at radius 1 is 1.32 bits per heavy atom. The van der Waals surface area contributed by atoms with Crippen molar-refractivity contribution >= 4 is 10.8 Å². The van der Waals surface area contributed by atoms with Crippen LogP contribution in [0.25, 0.3) is 0 Å². The van der Waals surface area contributed by atoms with E-state index >= 15 is 0 Å². The molecule has 4 unspecified atom stereocenters. The molecular weight excluding hydrogens is 254 g/mol. The van der Waals surface area contributed by atoms with Crippen LogP contribution in [-0.4, -0.2) is 22.3 Å². The van der Waals surface area contributed by atoms with Crippen LogP contribution in [0.15, 0.2) is 24.3 Å². The van der Waals surface area contributed by atoms with E-state index in [0.717, 1.165) is 12.2 Å². The van der Waals surface area contributed by atoms with Crippen molar-refractivity contribution in [3.05, 3.63) is 35.4 Å². The van der Waals surface area contributed by atoms with Gasteiger partial charge in [-0.1, -0.05) is 31.2 Å². The smallest absolute Gasteiger partial charge is 0.0325 e. The Hall–Kier alpha value is -0.670. The average Bonchev–Trinajstić information content (AvgIpc) is 2.40. The van der Waals surface area contributed by atoms with E-state index in [1.165, 1.54) is 24.0 Å². The monoisotopic (exact) mass is 279 g/mol. The number of fused-ring (bicyclic) bond motifs is 1. The molecule has 19 heavy (non-hydrogen) atoms. The Labute approximate surface area is 119 Å². The lowest BCUT2D eigenvalue weighted by Crippen LogP contribution is -2.34. The fourth-order valence-electron chi connectivity index (χ4n) is 2.95. The first kappa shape index (κ1) is 14.7. The third kappa shape index (κ3) is 3.90. The van der Waals surface area contributed by atoms with Gasteiger partial charge in [0.15, 0.2) is 0 Å². The molecule has 1 aliphatic rings. The van der Waals surface area contributed by atoms with E-state index in [2.05, 4.69) is 43.4 Å². The van der Waals surface area contributed by atoms with Crippen LogP contribution in [0, 0.1) is 0 Å². The van der Waals surface area contributed by atoms with Gasteiger partial charge in [-0.25, -0.2) is 0 Å². The number of hydrogen-bond acceptors (Lipinski definition) is 2. The quantitative estimate of drug-likeness (QED) is 0.895. The molecule has 3 heteroatoms. The van der Waals surface area contributed by atoms with Crippen molar-refractivity contribution in [3.63, 3.8) is 0 Å². The van der Waals surface area contributed by atoms with Gasteiger partial charge >= 0.3 is 0 Å². The minimum atomic E-state index is -0.684. The van der Waals surface area contributed by atoms with Gasteiger partial charge in [-0.2, -0.15) is 0 Å². The molecule has 1 aliphatic carbocycles. The maximum Gasteiger partial charge on any atom is 0.0325 e. The molecule has 0 radical (unpaired) electrons. The van der Waals surface area contributed by atoms with Gasteiger partial charge < -0.3 is 5.32 Å². The Morgan fingerprint density at radius 2 is 2.00 bits per heavy atom. The molecule has 0 saturated heterocycles. The van der Waals surface area contributed by atoms with Crippen molar-refractivity contribution in [3.8, 4) is 0 Å². The molecule has 0 aromatic heterocycles. The summed E-state index contributed by atoms with van der Waals surface area (Å²) < 4.78 is 11.2. The lowest BCUT2D eigenvalue weighted by Gasteiger charge is -2.32. The second-order valence-electron chi connectivity index (χ2n) is 5.79. The second-order valence-corrected chi connectivity index (χ2v) is 7.35. The van der Waals surface area contributed by atoms with Crippen molar-refractivity contribution in [1.29, 1.82) is 0 Å². The molecule has 0 bridgehead atoms. The molecule has 0 aliphatic heterocycles. The predicted molar refractivity (Wildman–Crippen MR) is 83.0 cm³/mol. The molecule has 106 valence electrons. The van der Waals surface area contributed by atoms with Gasteiger partial charge in [0.25, 0.3) is 0 Å². The minimum Gasteiger partial charge on any atom is -0.307 e. The molecule has 0 spiro atoms. The molecule has 0 heterocycles. The minimum absolute atomic E-state index is 0.426. The largest absolute Gasteiger partial charge is 0.307 e. The standard InChI is InChI=1S/C16H25NOS/c1-12-8-9-16(15-7-5-4-6-14(12)15)17-13(2)10-11-19(3)18/h4-7,12-13,16-17H,8-11H2,1-3H3. The van der Waals surface area contributed by atoms with Crippen LogP contribution in [0.2, 0.25) is 0 Å². The molecule has 0 amide bonds. The number of hydrogen-bond donors (Lipinski definition) is 1. The normalized spacial score (nSPS) is 25.6. The SMILES string of the molecule is CC(CCS(C)=O)NC1CCC(C)c2ccccc21. The van der Waals surface area contributed by atoms with Gasteiger partial charge in [0.2, 0.25) is 0 Å². The van der Waals surface area contributed by atoms with E-state index in [0.29, 0.717) is 18.0 Å². The van der Waals surface area contributed by atoms with Gasteiger partial charge in [-0.05, 0) is 43.2 Å². The fourth-order valence-corrected chi connectivity index (χ4v) is 3.63. The van der Waals surface area contributed by atoms with Gasteiger partial charge in [-0.3, -0.25) is 4.21 Å². The highest BCUT2D eigenvalue weighted by Crippen LogP contribution is 2.37. The summed E-state index contributed by atoms with van der Waals surface area (Å²) in [6.45, 7) is 4.52. The van der Waals surface area contributed by atoms with E-state index in [9.17, 15) is 4.21 Å². The molecule has 2 nitrogen and oxygen atoms in total. The second kappa shape index (κ2) is 6.67. The van der Waals surface area contributed by atoms with Crippen LogP contribution in [0.4, 0.5) is 0 Å². The first-order valence-corrected chi connectivity index (χ1v) is 8.95. The van der Waals surface area contributed by atoms with Gasteiger partial charge in [-0.15, -0.1) is 0 Å². The van der Waals surface area contributed by atoms with Crippen molar-refractivity contribution in [2.24, 2.45) is 0 Å². The average molecular weight is 279 g/mol. The Kier molecular flexibility index (Phi) is 5.17. The zero-order valence-electron chi connectivity index (χ0n) is 12.2. The lowest BCUT2D eigenvalue weighted by molar-refractivity contribution is 0.387. The van der Waals surface area contributed by atoms with E-state index in [-0.39, 0.29) is 0 Å². The summed E-state index contributed by atoms with van der Waals surface area (Å²) in [6, 6.07) is 9.69. The van der Waals surface area contributed by atoms with E-state index in [4.69, 9.17) is 0 Å². The van der Waals surface area contributed by atoms with Crippen molar-refractivity contribution < 1.29 is 4.21 Å². The summed E-state index contributed by atoms with van der Waals surface area (Å²) in [4.78, 5) is 0. The van der Waals surface area contributed by atoms with Crippen LogP contribution in [0.3, 0.4) is 0 Å². The van der Waals surface area contributed by atoms with Crippen LogP contribution in [0.5, 0.6) is 0 Å². The van der Waals surface area contributed by atoms with E-state index in [1.807, 2.05) is 0 Å². The Balaban J connectivity index is 2.02. The fraction of sp³-hybridized carbons (Fsp3) is 0.625. The number of nitrogens with one attached hydrogen (secondary N) is 1. The molecule has 1 aromatic carbocycles. The summed E-state index contributed by atoms with van der Waals surface area (Å²) >= 11 is 0. The summed E-state index contributed by atoms with van der Waals surface area (Å²) in [5.41, 5.74) is 2.96. The molecule has 0 fully saturated rings. The lowest BCUT2D eigenvalue weighted by atomic mass is 9.81. The maximum absolute atomic E-state index is 11.2. The molecule has 1 N–H and O–H groups in total. The highest BCUT2D eigenvalue weighted by Gasteiger charge is 2.24. The summed E-state index contributed by atoms with van der Waals surface area (Å²) in [5.74, 6) is 1.46. The summed E-state index contributed by atoms with van der Waals surface area (Å²) in [7, 11) is -0.684. The third-order valence-corrected chi connectivity index (χ3v) is 4.93. The molecule has 0 saturated carbocycles. The van der Waals surface area contributed by atoms with Gasteiger partial charge in [0, 0.05) is 34.9 Å². The van der Waals surface area contributed by atoms with Crippen LogP contribution < -0.4 is 5.32 Å². The summed E-state index contributed by atoms with van der Waals surface area (Å²) in [6.07, 6.45) is 5.22. The first-order valence-electron chi connectivity index (χ1n) is 7.23. The summed E-state index contributed by atoms with van der Waals surface area (Å²) in [5, 5.41) is 3.72. The Morgan fingerprint density at radius 3 is 2.68 bits per heavy atom. The molecular formula is C16H25NOS. The zero-order chi connectivity index (χ0) is 13.8. The van der Waals surface area contributed by atoms with Crippen LogP contribution in [-0.2, 0) is 10.8 Å². The number of rotatable bonds is 5. The van der Waals surface area contributed by atoms with Crippen molar-refractivity contribution in [2.45, 2.75) is 51.1 Å². The zero-order valence-corrected chi connectivity index (χ0v) is 13.0. The maximum atomic E-state index is 11.2. The molecule has 1 aromatic rings. The topological polar surface area (TPSA) is 29.1 Å². The first-order chi connectivity index (χ1) is 9.08. The van der Waals surface area contributed by atoms with Crippen LogP contribution in [0.1, 0.15) is 56.2 Å². The highest BCUT2D eigenvalue weighted by molar-refractivity contribution is 7.84. The number of benzene rings is 1. The Bertz CT molecular complexity index is 446. The molecule has 4 atom stereocenters. The highest BCUT2D eigenvalue weighted by atomic mass is 32.2. The van der Waals surface area contributed by atoms with Gasteiger partial charge in [0.05, 0.1) is 0 Å². The van der Waals surface area contributed by atoms with Crippen molar-refractivity contribution in [2.75, 3.05) is 12.0 Å². The van der Waals surface area contributed by atoms with Crippen LogP contribution >= 0.6 is 0 Å². The van der Waals surface area contributed by atoms with Crippen molar-refractivity contribution in [1.82, 2.24) is 5.32 Å². The van der Waals surface area contributed by atoms with E-state index < -0.39 is 10.8 Å².